The van der Waals surface area contributed by atoms with Crippen LogP contribution >= 0.6 is 0 Å². The molecule has 1 saturated heterocycles. The van der Waals surface area contributed by atoms with Crippen LogP contribution in [-0.2, 0) is 21.3 Å². The summed E-state index contributed by atoms with van der Waals surface area (Å²) in [5.74, 6) is 3.02. The summed E-state index contributed by atoms with van der Waals surface area (Å²) in [6.45, 7) is 2.45. The highest BCUT2D eigenvalue weighted by Crippen LogP contribution is 2.44. The highest BCUT2D eigenvalue weighted by Gasteiger charge is 2.38. The number of hydrogen-bond acceptors (Lipinski definition) is 5. The predicted octanol–water partition coefficient (Wildman–Crippen LogP) is 5.79. The Morgan fingerprint density at radius 3 is 2.56 bits per heavy atom. The number of carbonyl (C=O) groups excluding carboxylic acids is 1. The van der Waals surface area contributed by atoms with Gasteiger partial charge in [-0.3, -0.25) is 9.59 Å². The van der Waals surface area contributed by atoms with Crippen molar-refractivity contribution in [1.29, 1.82) is 0 Å². The minimum absolute atomic E-state index is 0.0248. The minimum atomic E-state index is -4.53. The third-order valence-corrected chi connectivity index (χ3v) is 8.83. The molecule has 7 nitrogen and oxygen atoms in total. The fraction of sp³-hybridized carbons (Fsp3) is 0.452. The Morgan fingerprint density at radius 2 is 1.95 bits per heavy atom. The van der Waals surface area contributed by atoms with Crippen LogP contribution in [0.2, 0.25) is 0 Å². The number of aromatic nitrogens is 2. The van der Waals surface area contributed by atoms with Crippen LogP contribution in [0.4, 0.5) is 19.0 Å². The zero-order valence-electron chi connectivity index (χ0n) is 23.1. The van der Waals surface area contributed by atoms with Crippen LogP contribution in [0, 0.1) is 19.3 Å². The molecule has 3 aromatic rings. The molecule has 0 spiro atoms. The molecule has 2 heterocycles. The lowest BCUT2D eigenvalue weighted by molar-refractivity contribution is -0.138. The van der Waals surface area contributed by atoms with Gasteiger partial charge >= 0.3 is 6.18 Å². The number of nitrogens with one attached hydrogen (secondary N) is 2. The molecule has 1 saturated carbocycles. The van der Waals surface area contributed by atoms with E-state index in [2.05, 4.69) is 27.5 Å². The number of likely N-dealkylation sites (tertiary alicyclic amines) is 1. The summed E-state index contributed by atoms with van der Waals surface area (Å²) in [4.78, 5) is 26.4. The van der Waals surface area contributed by atoms with Gasteiger partial charge in [0.05, 0.1) is 16.6 Å². The number of benzene rings is 2. The molecule has 10 heteroatoms. The Kier molecular flexibility index (Phi) is 7.84. The second-order valence-corrected chi connectivity index (χ2v) is 11.0. The van der Waals surface area contributed by atoms with Crippen molar-refractivity contribution in [2.45, 2.75) is 69.2 Å². The molecule has 1 aromatic heterocycles. The number of terminal acetylenes is 1. The Hall–Kier alpha value is -3.84. The van der Waals surface area contributed by atoms with Crippen molar-refractivity contribution >= 4 is 23.0 Å². The van der Waals surface area contributed by atoms with E-state index in [-0.39, 0.29) is 22.9 Å². The monoisotopic (exact) mass is 566 g/mol. The van der Waals surface area contributed by atoms with Gasteiger partial charge in [0.25, 0.3) is 5.56 Å². The van der Waals surface area contributed by atoms with Gasteiger partial charge in [-0.25, -0.2) is 5.10 Å². The standard InChI is InChI=1S/C31H33F3N4O3/c1-4-26(22-10-7-11-25(19(22)2)31(32,33)34)35-28-24-17-21(30(41-3)12-14-38(18-39)15-13-30)16-23(20-8-5-6-9-20)27(24)29(40)37-36-28/h1,7,10-11,16-18,20,26H,5-6,8-9,12-15H2,2-3H3,(H,35,36)(H,37,40)/t26-/m1/s1. The number of alkyl halides is 3. The van der Waals surface area contributed by atoms with Gasteiger partial charge in [0, 0.05) is 25.6 Å². The fourth-order valence-corrected chi connectivity index (χ4v) is 6.48. The number of nitrogens with zero attached hydrogens (tertiary/aromatic N) is 2. The summed E-state index contributed by atoms with van der Waals surface area (Å²) in [7, 11) is 1.65. The van der Waals surface area contributed by atoms with Crippen molar-refractivity contribution in [1.82, 2.24) is 15.1 Å². The van der Waals surface area contributed by atoms with Crippen molar-refractivity contribution in [3.8, 4) is 12.3 Å². The number of carbonyl (C=O) groups is 1. The molecule has 41 heavy (non-hydrogen) atoms. The van der Waals surface area contributed by atoms with Gasteiger partial charge < -0.3 is 15.0 Å². The van der Waals surface area contributed by atoms with E-state index in [1.54, 1.807) is 18.1 Å². The Labute approximate surface area is 236 Å². The maximum absolute atomic E-state index is 13.6. The molecular weight excluding hydrogens is 533 g/mol. The molecule has 5 rings (SSSR count). The van der Waals surface area contributed by atoms with E-state index < -0.39 is 23.4 Å². The number of piperidine rings is 1. The molecule has 0 bridgehead atoms. The molecular formula is C31H33F3N4O3. The molecule has 0 unspecified atom stereocenters. The summed E-state index contributed by atoms with van der Waals surface area (Å²) in [5.41, 5.74) is 0.331. The average molecular weight is 567 g/mol. The van der Waals surface area contributed by atoms with Crippen LogP contribution in [0.25, 0.3) is 10.8 Å². The summed E-state index contributed by atoms with van der Waals surface area (Å²) in [5, 5.41) is 11.0. The molecule has 2 aromatic carbocycles. The van der Waals surface area contributed by atoms with Gasteiger partial charge in [0.15, 0.2) is 5.82 Å². The number of ether oxygens (including phenoxy) is 1. The van der Waals surface area contributed by atoms with E-state index in [9.17, 15) is 22.8 Å². The molecule has 0 radical (unpaired) electrons. The van der Waals surface area contributed by atoms with Crippen LogP contribution in [0.5, 0.6) is 0 Å². The SMILES string of the molecule is C#C[C@@H](Nc1n[nH]c(=O)c2c(C3CCCC3)cc(C3(OC)CCN(C=O)CC3)cc12)c1cccc(C(F)(F)F)c1C. The van der Waals surface area contributed by atoms with Crippen molar-refractivity contribution in [3.63, 3.8) is 0 Å². The lowest BCUT2D eigenvalue weighted by Crippen LogP contribution is -2.43. The van der Waals surface area contributed by atoms with Gasteiger partial charge in [0.1, 0.15) is 6.04 Å². The van der Waals surface area contributed by atoms with E-state index in [1.165, 1.54) is 13.0 Å². The number of hydrogen-bond donors (Lipinski definition) is 2. The largest absolute Gasteiger partial charge is 0.416 e. The maximum Gasteiger partial charge on any atom is 0.416 e. The Morgan fingerprint density at radius 1 is 1.24 bits per heavy atom. The van der Waals surface area contributed by atoms with Crippen molar-refractivity contribution in [2.75, 3.05) is 25.5 Å². The van der Waals surface area contributed by atoms with E-state index >= 15 is 0 Å². The molecule has 2 aliphatic rings. The second-order valence-electron chi connectivity index (χ2n) is 11.0. The molecule has 2 N–H and O–H groups in total. The van der Waals surface area contributed by atoms with Gasteiger partial charge in [-0.05, 0) is 72.9 Å². The average Bonchev–Trinajstić information content (AvgIpc) is 3.51. The summed E-state index contributed by atoms with van der Waals surface area (Å²) in [6, 6.07) is 6.93. The highest BCUT2D eigenvalue weighted by molar-refractivity contribution is 5.94. The smallest absolute Gasteiger partial charge is 0.373 e. The quantitative estimate of drug-likeness (QED) is 0.279. The van der Waals surface area contributed by atoms with E-state index in [0.717, 1.165) is 49.3 Å². The first-order valence-electron chi connectivity index (χ1n) is 13.8. The van der Waals surface area contributed by atoms with E-state index in [4.69, 9.17) is 11.2 Å². The van der Waals surface area contributed by atoms with Gasteiger partial charge in [-0.2, -0.15) is 18.3 Å². The lowest BCUT2D eigenvalue weighted by Gasteiger charge is -2.40. The van der Waals surface area contributed by atoms with Crippen molar-refractivity contribution in [3.05, 3.63) is 68.5 Å². The molecule has 1 aliphatic heterocycles. The number of H-pyrrole nitrogens is 1. The predicted molar refractivity (Wildman–Crippen MR) is 151 cm³/mol. The maximum atomic E-state index is 13.6. The molecule has 1 aliphatic carbocycles. The number of fused-ring (bicyclic) bond motifs is 1. The number of anilines is 1. The molecule has 2 fully saturated rings. The number of amides is 1. The second kappa shape index (κ2) is 11.2. The summed E-state index contributed by atoms with van der Waals surface area (Å²) in [6.07, 6.45) is 7.32. The third-order valence-electron chi connectivity index (χ3n) is 8.83. The topological polar surface area (TPSA) is 87.3 Å². The van der Waals surface area contributed by atoms with Gasteiger partial charge in [-0.1, -0.05) is 37.0 Å². The highest BCUT2D eigenvalue weighted by atomic mass is 19.4. The fourth-order valence-electron chi connectivity index (χ4n) is 6.48. The van der Waals surface area contributed by atoms with Crippen molar-refractivity contribution in [2.24, 2.45) is 0 Å². The lowest BCUT2D eigenvalue weighted by atomic mass is 9.80. The normalized spacial score (nSPS) is 18.3. The Bertz CT molecular complexity index is 1550. The van der Waals surface area contributed by atoms with Crippen molar-refractivity contribution < 1.29 is 22.7 Å². The first kappa shape index (κ1) is 28.7. The number of rotatable bonds is 7. The van der Waals surface area contributed by atoms with Gasteiger partial charge in [0.2, 0.25) is 6.41 Å². The minimum Gasteiger partial charge on any atom is -0.373 e. The van der Waals surface area contributed by atoms with Crippen LogP contribution in [0.1, 0.15) is 78.3 Å². The summed E-state index contributed by atoms with van der Waals surface area (Å²) < 4.78 is 47.1. The Balaban J connectivity index is 1.66. The number of halogens is 3. The molecule has 1 atom stereocenters. The van der Waals surface area contributed by atoms with Crippen LogP contribution in [0.3, 0.4) is 0 Å². The zero-order chi connectivity index (χ0) is 29.4. The molecule has 216 valence electrons. The van der Waals surface area contributed by atoms with Crippen LogP contribution in [-0.4, -0.2) is 41.7 Å². The summed E-state index contributed by atoms with van der Waals surface area (Å²) >= 11 is 0. The first-order valence-corrected chi connectivity index (χ1v) is 13.8. The van der Waals surface area contributed by atoms with Crippen LogP contribution < -0.4 is 10.9 Å². The van der Waals surface area contributed by atoms with E-state index in [0.29, 0.717) is 42.3 Å². The first-order chi connectivity index (χ1) is 19.6. The number of methoxy groups -OCH3 is 1. The zero-order valence-corrected chi connectivity index (χ0v) is 23.1. The van der Waals surface area contributed by atoms with E-state index in [1.807, 2.05) is 6.07 Å². The number of aromatic amines is 1. The molecule has 1 amide bonds. The third kappa shape index (κ3) is 5.31. The van der Waals surface area contributed by atoms with Gasteiger partial charge in [-0.15, -0.1) is 6.42 Å². The van der Waals surface area contributed by atoms with Crippen LogP contribution in [0.15, 0.2) is 35.1 Å².